The third kappa shape index (κ3) is 4.81. The standard InChI is InChI=1S/C22H28N4O4S/c1-13(2)30-18-9-15(7-8-17(18)29-4)16-10-19(27)26(11-16)12-20(28)25(3)22-24-23-21(31-22)14-5-6-14/h7-9,13-14,16H,5-6,10-12H2,1-4H3/t16-/m1/s1. The highest BCUT2D eigenvalue weighted by Crippen LogP contribution is 2.42. The van der Waals surface area contributed by atoms with Crippen molar-refractivity contribution in [3.05, 3.63) is 28.8 Å². The molecule has 166 valence electrons. The van der Waals surface area contributed by atoms with Crippen LogP contribution in [0.2, 0.25) is 0 Å². The molecule has 1 atom stereocenters. The van der Waals surface area contributed by atoms with Crippen molar-refractivity contribution in [1.29, 1.82) is 0 Å². The van der Waals surface area contributed by atoms with Crippen molar-refractivity contribution in [2.75, 3.05) is 32.1 Å². The van der Waals surface area contributed by atoms with Crippen molar-refractivity contribution in [1.82, 2.24) is 15.1 Å². The Bertz CT molecular complexity index is 972. The van der Waals surface area contributed by atoms with Crippen molar-refractivity contribution >= 4 is 28.3 Å². The number of nitrogens with zero attached hydrogens (tertiary/aromatic N) is 4. The quantitative estimate of drug-likeness (QED) is 0.622. The second-order valence-corrected chi connectivity index (χ2v) is 9.39. The second kappa shape index (κ2) is 8.82. The molecule has 1 aromatic carbocycles. The minimum atomic E-state index is -0.161. The molecule has 0 spiro atoms. The minimum absolute atomic E-state index is 0.00835. The number of anilines is 1. The molecule has 2 heterocycles. The van der Waals surface area contributed by atoms with Crippen LogP contribution in [-0.2, 0) is 9.59 Å². The van der Waals surface area contributed by atoms with Gasteiger partial charge in [0.25, 0.3) is 0 Å². The van der Waals surface area contributed by atoms with E-state index >= 15 is 0 Å². The van der Waals surface area contributed by atoms with Crippen LogP contribution < -0.4 is 14.4 Å². The van der Waals surface area contributed by atoms with Crippen LogP contribution in [0, 0.1) is 0 Å². The summed E-state index contributed by atoms with van der Waals surface area (Å²) in [6.07, 6.45) is 2.67. The summed E-state index contributed by atoms with van der Waals surface area (Å²) >= 11 is 1.46. The number of likely N-dealkylation sites (tertiary alicyclic amines) is 1. The van der Waals surface area contributed by atoms with Crippen LogP contribution in [0.3, 0.4) is 0 Å². The highest BCUT2D eigenvalue weighted by atomic mass is 32.1. The lowest BCUT2D eigenvalue weighted by Gasteiger charge is -2.20. The van der Waals surface area contributed by atoms with Gasteiger partial charge in [0, 0.05) is 31.8 Å². The SMILES string of the molecule is COc1ccc([C@@H]2CC(=O)N(CC(=O)N(C)c3nnc(C4CC4)s3)C2)cc1OC(C)C. The number of hydrogen-bond donors (Lipinski definition) is 0. The Balaban J connectivity index is 1.41. The van der Waals surface area contributed by atoms with E-state index in [1.165, 1.54) is 16.2 Å². The number of methoxy groups -OCH3 is 1. The third-order valence-electron chi connectivity index (χ3n) is 5.58. The smallest absolute Gasteiger partial charge is 0.248 e. The molecule has 2 fully saturated rings. The Morgan fingerprint density at radius 1 is 1.26 bits per heavy atom. The molecule has 1 saturated carbocycles. The third-order valence-corrected chi connectivity index (χ3v) is 6.74. The Kier molecular flexibility index (Phi) is 6.13. The van der Waals surface area contributed by atoms with Crippen molar-refractivity contribution in [2.45, 2.75) is 51.0 Å². The number of amides is 2. The topological polar surface area (TPSA) is 84.9 Å². The molecule has 31 heavy (non-hydrogen) atoms. The molecular formula is C22H28N4O4S. The normalized spacial score (nSPS) is 18.5. The highest BCUT2D eigenvalue weighted by Gasteiger charge is 2.34. The first-order valence-corrected chi connectivity index (χ1v) is 11.4. The molecule has 0 radical (unpaired) electrons. The lowest BCUT2D eigenvalue weighted by Crippen LogP contribution is -2.39. The number of carbonyl (C=O) groups excluding carboxylic acids is 2. The van der Waals surface area contributed by atoms with Crippen LogP contribution >= 0.6 is 11.3 Å². The summed E-state index contributed by atoms with van der Waals surface area (Å²) in [7, 11) is 3.30. The molecule has 1 saturated heterocycles. The molecule has 8 nitrogen and oxygen atoms in total. The van der Waals surface area contributed by atoms with E-state index in [0.29, 0.717) is 35.5 Å². The summed E-state index contributed by atoms with van der Waals surface area (Å²) in [4.78, 5) is 28.5. The lowest BCUT2D eigenvalue weighted by molar-refractivity contribution is -0.132. The number of hydrogen-bond acceptors (Lipinski definition) is 7. The van der Waals surface area contributed by atoms with E-state index in [0.717, 1.165) is 23.4 Å². The van der Waals surface area contributed by atoms with Gasteiger partial charge in [-0.2, -0.15) is 0 Å². The van der Waals surface area contributed by atoms with Gasteiger partial charge in [-0.25, -0.2) is 0 Å². The molecule has 1 aliphatic carbocycles. The monoisotopic (exact) mass is 444 g/mol. The Hall–Kier alpha value is -2.68. The fourth-order valence-corrected chi connectivity index (χ4v) is 4.67. The number of ether oxygens (including phenoxy) is 2. The summed E-state index contributed by atoms with van der Waals surface area (Å²) < 4.78 is 11.2. The molecule has 1 aliphatic heterocycles. The highest BCUT2D eigenvalue weighted by molar-refractivity contribution is 7.15. The van der Waals surface area contributed by atoms with Crippen LogP contribution in [-0.4, -0.2) is 60.3 Å². The van der Waals surface area contributed by atoms with Gasteiger partial charge in [-0.15, -0.1) is 10.2 Å². The lowest BCUT2D eigenvalue weighted by atomic mass is 9.98. The summed E-state index contributed by atoms with van der Waals surface area (Å²) in [6, 6.07) is 5.77. The molecule has 1 aromatic heterocycles. The predicted octanol–water partition coefficient (Wildman–Crippen LogP) is 3.19. The van der Waals surface area contributed by atoms with E-state index in [4.69, 9.17) is 9.47 Å². The average Bonchev–Trinajstić information content (AvgIpc) is 3.36. The zero-order valence-corrected chi connectivity index (χ0v) is 19.1. The maximum atomic E-state index is 12.8. The Morgan fingerprint density at radius 2 is 2.03 bits per heavy atom. The summed E-state index contributed by atoms with van der Waals surface area (Å²) in [5, 5.41) is 9.92. The van der Waals surface area contributed by atoms with Gasteiger partial charge in [0.2, 0.25) is 16.9 Å². The number of likely N-dealkylation sites (N-methyl/N-ethyl adjacent to an activating group) is 1. The zero-order chi connectivity index (χ0) is 22.1. The van der Waals surface area contributed by atoms with Gasteiger partial charge in [-0.05, 0) is 44.4 Å². The van der Waals surface area contributed by atoms with Crippen LogP contribution in [0.15, 0.2) is 18.2 Å². The van der Waals surface area contributed by atoms with Crippen LogP contribution in [0.1, 0.15) is 55.5 Å². The van der Waals surface area contributed by atoms with Crippen LogP contribution in [0.25, 0.3) is 0 Å². The van der Waals surface area contributed by atoms with Crippen LogP contribution in [0.4, 0.5) is 5.13 Å². The van der Waals surface area contributed by atoms with Gasteiger partial charge in [0.15, 0.2) is 11.5 Å². The molecule has 2 aliphatic rings. The van der Waals surface area contributed by atoms with E-state index < -0.39 is 0 Å². The Morgan fingerprint density at radius 3 is 2.71 bits per heavy atom. The fourth-order valence-electron chi connectivity index (χ4n) is 3.67. The largest absolute Gasteiger partial charge is 0.493 e. The molecule has 0 bridgehead atoms. The molecule has 0 N–H and O–H groups in total. The first kappa shape index (κ1) is 21.5. The van der Waals surface area contributed by atoms with E-state index in [9.17, 15) is 9.59 Å². The maximum absolute atomic E-state index is 12.8. The fraction of sp³-hybridized carbons (Fsp3) is 0.545. The predicted molar refractivity (Wildman–Crippen MR) is 118 cm³/mol. The second-order valence-electron chi connectivity index (χ2n) is 8.40. The van der Waals surface area contributed by atoms with Gasteiger partial charge >= 0.3 is 0 Å². The molecule has 4 rings (SSSR count). The zero-order valence-electron chi connectivity index (χ0n) is 18.3. The van der Waals surface area contributed by atoms with Crippen molar-refractivity contribution in [3.63, 3.8) is 0 Å². The van der Waals surface area contributed by atoms with E-state index in [-0.39, 0.29) is 30.4 Å². The van der Waals surface area contributed by atoms with Crippen LogP contribution in [0.5, 0.6) is 11.5 Å². The summed E-state index contributed by atoms with van der Waals surface area (Å²) in [5.41, 5.74) is 1.01. The van der Waals surface area contributed by atoms with E-state index in [1.807, 2.05) is 32.0 Å². The van der Waals surface area contributed by atoms with Gasteiger partial charge in [0.1, 0.15) is 11.6 Å². The molecule has 2 aromatic rings. The molecular weight excluding hydrogens is 416 g/mol. The van der Waals surface area contributed by atoms with Gasteiger partial charge in [-0.3, -0.25) is 14.5 Å². The number of carbonyl (C=O) groups is 2. The van der Waals surface area contributed by atoms with E-state index in [1.54, 1.807) is 19.1 Å². The number of rotatable bonds is 8. The average molecular weight is 445 g/mol. The molecule has 9 heteroatoms. The maximum Gasteiger partial charge on any atom is 0.248 e. The van der Waals surface area contributed by atoms with Crippen molar-refractivity contribution < 1.29 is 19.1 Å². The summed E-state index contributed by atoms with van der Waals surface area (Å²) in [6.45, 7) is 4.45. The minimum Gasteiger partial charge on any atom is -0.493 e. The van der Waals surface area contributed by atoms with Gasteiger partial charge in [-0.1, -0.05) is 17.4 Å². The van der Waals surface area contributed by atoms with Gasteiger partial charge in [0.05, 0.1) is 13.2 Å². The molecule has 0 unspecified atom stereocenters. The first-order valence-electron chi connectivity index (χ1n) is 10.6. The van der Waals surface area contributed by atoms with Gasteiger partial charge < -0.3 is 14.4 Å². The molecule has 2 amide bonds. The van der Waals surface area contributed by atoms with Crippen molar-refractivity contribution in [3.8, 4) is 11.5 Å². The summed E-state index contributed by atoms with van der Waals surface area (Å²) in [5.74, 6) is 1.66. The first-order chi connectivity index (χ1) is 14.9. The number of benzene rings is 1. The Labute approximate surface area is 186 Å². The van der Waals surface area contributed by atoms with E-state index in [2.05, 4.69) is 10.2 Å². The van der Waals surface area contributed by atoms with Crippen molar-refractivity contribution in [2.24, 2.45) is 0 Å². The number of aromatic nitrogens is 2.